The first kappa shape index (κ1) is 16.1. The number of anilines is 2. The number of hydrogen-bond donors (Lipinski definition) is 1. The van der Waals surface area contributed by atoms with Gasteiger partial charge in [0.2, 0.25) is 5.95 Å². The SMILES string of the molecule is C[C@H]1CCCCN1C1CN(c2nccc(N3CCC(O)CC3)n2)C1. The molecule has 1 aromatic heterocycles. The Morgan fingerprint density at radius 1 is 1.04 bits per heavy atom. The fourth-order valence-corrected chi connectivity index (χ4v) is 4.25. The average Bonchev–Trinajstić information content (AvgIpc) is 2.56. The molecule has 0 aromatic carbocycles. The molecule has 6 nitrogen and oxygen atoms in total. The average molecular weight is 331 g/mol. The first-order valence-electron chi connectivity index (χ1n) is 9.47. The van der Waals surface area contributed by atoms with Crippen LogP contribution in [-0.2, 0) is 0 Å². The highest BCUT2D eigenvalue weighted by Gasteiger charge is 2.36. The summed E-state index contributed by atoms with van der Waals surface area (Å²) in [6.45, 7) is 7.47. The van der Waals surface area contributed by atoms with Gasteiger partial charge in [-0.15, -0.1) is 0 Å². The fourth-order valence-electron chi connectivity index (χ4n) is 4.25. The number of nitrogens with zero attached hydrogens (tertiary/aromatic N) is 5. The Morgan fingerprint density at radius 2 is 1.83 bits per heavy atom. The molecule has 0 saturated carbocycles. The van der Waals surface area contributed by atoms with Gasteiger partial charge in [0.25, 0.3) is 0 Å². The summed E-state index contributed by atoms with van der Waals surface area (Å²) in [4.78, 5) is 16.5. The Hall–Kier alpha value is -1.40. The third kappa shape index (κ3) is 3.22. The van der Waals surface area contributed by atoms with Crippen LogP contribution in [0, 0.1) is 0 Å². The molecule has 3 aliphatic heterocycles. The highest BCUT2D eigenvalue weighted by Crippen LogP contribution is 2.27. The van der Waals surface area contributed by atoms with Crippen LogP contribution < -0.4 is 9.80 Å². The second-order valence-corrected chi connectivity index (χ2v) is 7.57. The largest absolute Gasteiger partial charge is 0.393 e. The molecule has 0 aliphatic carbocycles. The zero-order valence-electron chi connectivity index (χ0n) is 14.6. The summed E-state index contributed by atoms with van der Waals surface area (Å²) in [5.74, 6) is 1.86. The molecule has 1 N–H and O–H groups in total. The Labute approximate surface area is 144 Å². The van der Waals surface area contributed by atoms with Crippen molar-refractivity contribution in [2.24, 2.45) is 0 Å². The summed E-state index contributed by atoms with van der Waals surface area (Å²) in [5.41, 5.74) is 0. The Kier molecular flexibility index (Phi) is 4.59. The molecule has 6 heteroatoms. The van der Waals surface area contributed by atoms with Crippen molar-refractivity contribution >= 4 is 11.8 Å². The van der Waals surface area contributed by atoms with E-state index in [1.807, 2.05) is 12.3 Å². The normalized spacial score (nSPS) is 27.3. The molecule has 0 radical (unpaired) electrons. The summed E-state index contributed by atoms with van der Waals surface area (Å²) in [5, 5.41) is 9.67. The topological polar surface area (TPSA) is 55.7 Å². The van der Waals surface area contributed by atoms with Gasteiger partial charge in [0.05, 0.1) is 6.10 Å². The summed E-state index contributed by atoms with van der Waals surface area (Å²) in [6.07, 6.45) is 7.45. The standard InChI is InChI=1S/C18H29N5O/c1-14-4-2-3-9-23(14)15-12-22(13-15)18-19-8-5-17(20-18)21-10-6-16(24)7-11-21/h5,8,14-16,24H,2-4,6-7,9-13H2,1H3/t14-/m0/s1. The zero-order valence-corrected chi connectivity index (χ0v) is 14.6. The number of piperidine rings is 2. The fraction of sp³-hybridized carbons (Fsp3) is 0.778. The van der Waals surface area contributed by atoms with Crippen molar-refractivity contribution in [3.8, 4) is 0 Å². The van der Waals surface area contributed by atoms with Gasteiger partial charge in [-0.25, -0.2) is 4.98 Å². The minimum Gasteiger partial charge on any atom is -0.393 e. The molecular formula is C18H29N5O. The minimum atomic E-state index is -0.148. The predicted octanol–water partition coefficient (Wildman–Crippen LogP) is 1.50. The predicted molar refractivity (Wildman–Crippen MR) is 95.5 cm³/mol. The first-order chi connectivity index (χ1) is 11.7. The van der Waals surface area contributed by atoms with Gasteiger partial charge in [0, 0.05) is 44.5 Å². The van der Waals surface area contributed by atoms with E-state index < -0.39 is 0 Å². The highest BCUT2D eigenvalue weighted by molar-refractivity contribution is 5.45. The van der Waals surface area contributed by atoms with Crippen molar-refractivity contribution in [2.45, 2.75) is 57.2 Å². The molecule has 3 fully saturated rings. The molecular weight excluding hydrogens is 302 g/mol. The lowest BCUT2D eigenvalue weighted by molar-refractivity contribution is 0.0869. The second-order valence-electron chi connectivity index (χ2n) is 7.57. The molecule has 0 bridgehead atoms. The lowest BCUT2D eigenvalue weighted by Crippen LogP contribution is -2.62. The molecule has 132 valence electrons. The van der Waals surface area contributed by atoms with Crippen molar-refractivity contribution in [3.05, 3.63) is 12.3 Å². The Balaban J connectivity index is 1.37. The van der Waals surface area contributed by atoms with Crippen molar-refractivity contribution in [1.82, 2.24) is 14.9 Å². The maximum Gasteiger partial charge on any atom is 0.227 e. The van der Waals surface area contributed by atoms with Crippen LogP contribution in [0.25, 0.3) is 0 Å². The third-order valence-electron chi connectivity index (χ3n) is 5.89. The number of aliphatic hydroxyl groups is 1. The molecule has 4 rings (SSSR count). The van der Waals surface area contributed by atoms with Gasteiger partial charge < -0.3 is 14.9 Å². The van der Waals surface area contributed by atoms with E-state index in [1.54, 1.807) is 0 Å². The molecule has 0 unspecified atom stereocenters. The minimum absolute atomic E-state index is 0.148. The molecule has 1 aromatic rings. The van der Waals surface area contributed by atoms with Crippen molar-refractivity contribution in [2.75, 3.05) is 42.5 Å². The number of aromatic nitrogens is 2. The third-order valence-corrected chi connectivity index (χ3v) is 5.89. The number of hydrogen-bond acceptors (Lipinski definition) is 6. The summed E-state index contributed by atoms with van der Waals surface area (Å²) in [6, 6.07) is 3.38. The van der Waals surface area contributed by atoms with E-state index in [4.69, 9.17) is 4.98 Å². The van der Waals surface area contributed by atoms with Gasteiger partial charge in [0.1, 0.15) is 5.82 Å². The number of aliphatic hydroxyl groups excluding tert-OH is 1. The van der Waals surface area contributed by atoms with Gasteiger partial charge in [-0.05, 0) is 45.2 Å². The molecule has 1 atom stereocenters. The lowest BCUT2D eigenvalue weighted by Gasteiger charge is -2.49. The van der Waals surface area contributed by atoms with Crippen LogP contribution in [0.15, 0.2) is 12.3 Å². The maximum absolute atomic E-state index is 9.67. The van der Waals surface area contributed by atoms with Gasteiger partial charge >= 0.3 is 0 Å². The number of rotatable bonds is 3. The monoisotopic (exact) mass is 331 g/mol. The number of likely N-dealkylation sites (tertiary alicyclic amines) is 1. The molecule has 0 spiro atoms. The highest BCUT2D eigenvalue weighted by atomic mass is 16.3. The van der Waals surface area contributed by atoms with Crippen LogP contribution in [0.5, 0.6) is 0 Å². The molecule has 24 heavy (non-hydrogen) atoms. The summed E-state index contributed by atoms with van der Waals surface area (Å²) in [7, 11) is 0. The molecule has 3 aliphatic rings. The van der Waals surface area contributed by atoms with Gasteiger partial charge in [-0.1, -0.05) is 6.42 Å². The molecule has 4 heterocycles. The van der Waals surface area contributed by atoms with E-state index in [0.29, 0.717) is 6.04 Å². The van der Waals surface area contributed by atoms with Crippen LogP contribution in [-0.4, -0.2) is 70.9 Å². The molecule has 0 amide bonds. The van der Waals surface area contributed by atoms with E-state index in [9.17, 15) is 5.11 Å². The van der Waals surface area contributed by atoms with Crippen LogP contribution >= 0.6 is 0 Å². The van der Waals surface area contributed by atoms with Crippen LogP contribution in [0.1, 0.15) is 39.0 Å². The van der Waals surface area contributed by atoms with Crippen LogP contribution in [0.2, 0.25) is 0 Å². The first-order valence-corrected chi connectivity index (χ1v) is 9.47. The van der Waals surface area contributed by atoms with Gasteiger partial charge in [0.15, 0.2) is 0 Å². The Morgan fingerprint density at radius 3 is 2.58 bits per heavy atom. The van der Waals surface area contributed by atoms with E-state index in [-0.39, 0.29) is 6.10 Å². The van der Waals surface area contributed by atoms with Crippen LogP contribution in [0.4, 0.5) is 11.8 Å². The van der Waals surface area contributed by atoms with Gasteiger partial charge in [-0.3, -0.25) is 4.90 Å². The van der Waals surface area contributed by atoms with Crippen molar-refractivity contribution in [1.29, 1.82) is 0 Å². The molecule has 3 saturated heterocycles. The van der Waals surface area contributed by atoms with E-state index in [1.165, 1.54) is 25.8 Å². The van der Waals surface area contributed by atoms with E-state index in [2.05, 4.69) is 26.6 Å². The Bertz CT molecular complexity index is 554. The summed E-state index contributed by atoms with van der Waals surface area (Å²) < 4.78 is 0. The lowest BCUT2D eigenvalue weighted by atomic mass is 9.98. The second kappa shape index (κ2) is 6.84. The smallest absolute Gasteiger partial charge is 0.227 e. The van der Waals surface area contributed by atoms with Crippen molar-refractivity contribution < 1.29 is 5.11 Å². The quantitative estimate of drug-likeness (QED) is 0.906. The maximum atomic E-state index is 9.67. The van der Waals surface area contributed by atoms with Gasteiger partial charge in [-0.2, -0.15) is 4.98 Å². The van der Waals surface area contributed by atoms with Crippen molar-refractivity contribution in [3.63, 3.8) is 0 Å². The summed E-state index contributed by atoms with van der Waals surface area (Å²) >= 11 is 0. The van der Waals surface area contributed by atoms with E-state index in [0.717, 1.165) is 56.8 Å². The van der Waals surface area contributed by atoms with Crippen LogP contribution in [0.3, 0.4) is 0 Å². The zero-order chi connectivity index (χ0) is 16.5. The van der Waals surface area contributed by atoms with E-state index >= 15 is 0 Å².